The molecule has 0 fully saturated rings. The van der Waals surface area contributed by atoms with Crippen LogP contribution in [0.4, 0.5) is 10.5 Å². The van der Waals surface area contributed by atoms with E-state index in [1.54, 1.807) is 9.80 Å². The SMILES string of the molecule is CCN1C(=O)N(CCC=O)Cc2ccccc21. The van der Waals surface area contributed by atoms with Crippen LogP contribution in [0.1, 0.15) is 18.9 Å². The topological polar surface area (TPSA) is 40.6 Å². The molecule has 1 aromatic rings. The molecule has 4 heteroatoms. The molecule has 17 heavy (non-hydrogen) atoms. The van der Waals surface area contributed by atoms with Crippen molar-refractivity contribution in [3.63, 3.8) is 0 Å². The average Bonchev–Trinajstić information content (AvgIpc) is 2.36. The summed E-state index contributed by atoms with van der Waals surface area (Å²) in [5.41, 5.74) is 2.13. The molecule has 0 spiro atoms. The van der Waals surface area contributed by atoms with E-state index in [9.17, 15) is 9.59 Å². The minimum atomic E-state index is -0.00644. The number of fused-ring (bicyclic) bond motifs is 1. The lowest BCUT2D eigenvalue weighted by atomic mass is 10.1. The van der Waals surface area contributed by atoms with E-state index in [0.717, 1.165) is 17.5 Å². The highest BCUT2D eigenvalue weighted by atomic mass is 16.2. The van der Waals surface area contributed by atoms with Crippen LogP contribution in [0.25, 0.3) is 0 Å². The fourth-order valence-corrected chi connectivity index (χ4v) is 2.14. The van der Waals surface area contributed by atoms with Gasteiger partial charge in [0.2, 0.25) is 0 Å². The number of benzene rings is 1. The fraction of sp³-hybridized carbons (Fsp3) is 0.385. The van der Waals surface area contributed by atoms with E-state index in [-0.39, 0.29) is 6.03 Å². The van der Waals surface area contributed by atoms with Gasteiger partial charge in [-0.3, -0.25) is 4.90 Å². The highest BCUT2D eigenvalue weighted by Crippen LogP contribution is 2.27. The average molecular weight is 232 g/mol. The Morgan fingerprint density at radius 3 is 2.82 bits per heavy atom. The van der Waals surface area contributed by atoms with Gasteiger partial charge in [-0.15, -0.1) is 0 Å². The predicted octanol–water partition coefficient (Wildman–Crippen LogP) is 2.04. The van der Waals surface area contributed by atoms with Crippen molar-refractivity contribution < 1.29 is 9.59 Å². The van der Waals surface area contributed by atoms with Crippen molar-refractivity contribution in [1.82, 2.24) is 4.90 Å². The number of rotatable bonds is 4. The van der Waals surface area contributed by atoms with Crippen LogP contribution in [0.3, 0.4) is 0 Å². The van der Waals surface area contributed by atoms with Gasteiger partial charge < -0.3 is 9.69 Å². The second-order valence-corrected chi connectivity index (χ2v) is 4.03. The van der Waals surface area contributed by atoms with Gasteiger partial charge in [0.15, 0.2) is 0 Å². The molecule has 0 unspecified atom stereocenters. The van der Waals surface area contributed by atoms with Gasteiger partial charge in [-0.2, -0.15) is 0 Å². The molecule has 1 aromatic carbocycles. The van der Waals surface area contributed by atoms with Gasteiger partial charge in [0.25, 0.3) is 0 Å². The lowest BCUT2D eigenvalue weighted by Crippen LogP contribution is -2.47. The number of anilines is 1. The maximum Gasteiger partial charge on any atom is 0.324 e. The summed E-state index contributed by atoms with van der Waals surface area (Å²) in [6, 6.07) is 7.90. The number of urea groups is 1. The van der Waals surface area contributed by atoms with Crippen molar-refractivity contribution >= 4 is 18.0 Å². The zero-order valence-electron chi connectivity index (χ0n) is 9.93. The summed E-state index contributed by atoms with van der Waals surface area (Å²) in [5, 5.41) is 0. The number of aldehydes is 1. The molecule has 0 bridgehead atoms. The molecule has 0 aromatic heterocycles. The molecule has 4 nitrogen and oxygen atoms in total. The quantitative estimate of drug-likeness (QED) is 0.745. The third kappa shape index (κ3) is 2.16. The molecule has 1 aliphatic rings. The first-order valence-electron chi connectivity index (χ1n) is 5.86. The van der Waals surface area contributed by atoms with Crippen molar-refractivity contribution in [1.29, 1.82) is 0 Å². The number of para-hydroxylation sites is 1. The van der Waals surface area contributed by atoms with Crippen LogP contribution < -0.4 is 4.90 Å². The van der Waals surface area contributed by atoms with Crippen molar-refractivity contribution in [2.24, 2.45) is 0 Å². The van der Waals surface area contributed by atoms with E-state index in [1.165, 1.54) is 0 Å². The van der Waals surface area contributed by atoms with Gasteiger partial charge >= 0.3 is 6.03 Å². The van der Waals surface area contributed by atoms with E-state index in [2.05, 4.69) is 0 Å². The third-order valence-corrected chi connectivity index (χ3v) is 2.98. The first-order valence-corrected chi connectivity index (χ1v) is 5.86. The predicted molar refractivity (Wildman–Crippen MR) is 65.9 cm³/mol. The van der Waals surface area contributed by atoms with Gasteiger partial charge in [-0.05, 0) is 18.6 Å². The molecule has 0 saturated heterocycles. The highest BCUT2D eigenvalue weighted by molar-refractivity contribution is 5.94. The van der Waals surface area contributed by atoms with Gasteiger partial charge in [0.1, 0.15) is 6.29 Å². The Labute approximate surface area is 101 Å². The van der Waals surface area contributed by atoms with Crippen LogP contribution in [0.5, 0.6) is 0 Å². The first-order chi connectivity index (χ1) is 8.27. The second kappa shape index (κ2) is 4.99. The lowest BCUT2D eigenvalue weighted by molar-refractivity contribution is -0.108. The van der Waals surface area contributed by atoms with E-state index in [0.29, 0.717) is 26.1 Å². The number of carbonyl (C=O) groups excluding carboxylic acids is 2. The van der Waals surface area contributed by atoms with Gasteiger partial charge in [-0.25, -0.2) is 4.79 Å². The number of hydrogen-bond donors (Lipinski definition) is 0. The van der Waals surface area contributed by atoms with Crippen molar-refractivity contribution in [3.05, 3.63) is 29.8 Å². The molecule has 90 valence electrons. The minimum Gasteiger partial charge on any atom is -0.320 e. The number of hydrogen-bond acceptors (Lipinski definition) is 2. The summed E-state index contributed by atoms with van der Waals surface area (Å²) in [6.07, 6.45) is 1.25. The Bertz CT molecular complexity index is 431. The summed E-state index contributed by atoms with van der Waals surface area (Å²) >= 11 is 0. The van der Waals surface area contributed by atoms with Gasteiger partial charge in [0.05, 0.1) is 5.69 Å². The molecule has 1 heterocycles. The first kappa shape index (κ1) is 11.6. The maximum absolute atomic E-state index is 12.2. The van der Waals surface area contributed by atoms with Crippen molar-refractivity contribution in [2.75, 3.05) is 18.0 Å². The second-order valence-electron chi connectivity index (χ2n) is 4.03. The largest absolute Gasteiger partial charge is 0.324 e. The fourth-order valence-electron chi connectivity index (χ4n) is 2.14. The zero-order valence-corrected chi connectivity index (χ0v) is 9.93. The van der Waals surface area contributed by atoms with E-state index in [4.69, 9.17) is 0 Å². The zero-order chi connectivity index (χ0) is 12.3. The molecule has 0 radical (unpaired) electrons. The number of nitrogens with zero attached hydrogens (tertiary/aromatic N) is 2. The molecule has 1 aliphatic heterocycles. The summed E-state index contributed by atoms with van der Waals surface area (Å²) in [7, 11) is 0. The Morgan fingerprint density at radius 1 is 1.35 bits per heavy atom. The molecule has 0 aliphatic carbocycles. The maximum atomic E-state index is 12.2. The summed E-state index contributed by atoms with van der Waals surface area (Å²) < 4.78 is 0. The Hall–Kier alpha value is -1.84. The molecule has 0 N–H and O–H groups in total. The van der Waals surface area contributed by atoms with Crippen LogP contribution >= 0.6 is 0 Å². The van der Waals surface area contributed by atoms with Crippen molar-refractivity contribution in [2.45, 2.75) is 19.9 Å². The summed E-state index contributed by atoms with van der Waals surface area (Å²) in [4.78, 5) is 26.0. The van der Waals surface area contributed by atoms with Crippen LogP contribution in [0, 0.1) is 0 Å². The Balaban J connectivity index is 2.28. The normalized spacial score (nSPS) is 14.8. The van der Waals surface area contributed by atoms with Crippen LogP contribution in [-0.2, 0) is 11.3 Å². The van der Waals surface area contributed by atoms with E-state index >= 15 is 0 Å². The molecule has 0 atom stereocenters. The standard InChI is InChI=1S/C13H16N2O2/c1-2-15-12-7-4-3-6-11(12)10-14(13(15)17)8-5-9-16/h3-4,6-7,9H,2,5,8,10H2,1H3. The molecule has 2 rings (SSSR count). The smallest absolute Gasteiger partial charge is 0.320 e. The third-order valence-electron chi connectivity index (χ3n) is 2.98. The Kier molecular flexibility index (Phi) is 3.42. The van der Waals surface area contributed by atoms with Crippen LogP contribution in [0.2, 0.25) is 0 Å². The van der Waals surface area contributed by atoms with Crippen molar-refractivity contribution in [3.8, 4) is 0 Å². The number of carbonyl (C=O) groups is 2. The Morgan fingerprint density at radius 2 is 2.12 bits per heavy atom. The minimum absolute atomic E-state index is 0.00644. The molecular weight excluding hydrogens is 216 g/mol. The van der Waals surface area contributed by atoms with Crippen LogP contribution in [0.15, 0.2) is 24.3 Å². The van der Waals surface area contributed by atoms with E-state index < -0.39 is 0 Å². The monoisotopic (exact) mass is 232 g/mol. The van der Waals surface area contributed by atoms with E-state index in [1.807, 2.05) is 31.2 Å². The van der Waals surface area contributed by atoms with Gasteiger partial charge in [0, 0.05) is 26.1 Å². The molecule has 2 amide bonds. The van der Waals surface area contributed by atoms with Crippen LogP contribution in [-0.4, -0.2) is 30.3 Å². The van der Waals surface area contributed by atoms with Gasteiger partial charge in [-0.1, -0.05) is 18.2 Å². The highest BCUT2D eigenvalue weighted by Gasteiger charge is 2.28. The number of amides is 2. The summed E-state index contributed by atoms with van der Waals surface area (Å²) in [5.74, 6) is 0. The lowest BCUT2D eigenvalue weighted by Gasteiger charge is -2.36. The molecule has 0 saturated carbocycles. The molecular formula is C13H16N2O2. The summed E-state index contributed by atoms with van der Waals surface area (Å²) in [6.45, 7) is 3.69.